The Morgan fingerprint density at radius 2 is 1.92 bits per heavy atom. The molecule has 0 radical (unpaired) electrons. The fourth-order valence-corrected chi connectivity index (χ4v) is 3.31. The van der Waals surface area contributed by atoms with Gasteiger partial charge >= 0.3 is 5.97 Å². The number of aromatic carboxylic acids is 1. The number of ether oxygens (including phenoxy) is 1. The Labute approximate surface area is 144 Å². The minimum absolute atomic E-state index is 0.265. The minimum atomic E-state index is -0.935. The predicted molar refractivity (Wildman–Crippen MR) is 94.8 cm³/mol. The summed E-state index contributed by atoms with van der Waals surface area (Å²) in [6.45, 7) is 4.40. The lowest BCUT2D eigenvalue weighted by Crippen LogP contribution is -2.00. The second kappa shape index (κ2) is 6.84. The van der Waals surface area contributed by atoms with Gasteiger partial charge in [0.25, 0.3) is 0 Å². The van der Waals surface area contributed by atoms with Crippen molar-refractivity contribution in [1.82, 2.24) is 4.98 Å². The van der Waals surface area contributed by atoms with E-state index >= 15 is 0 Å². The number of carboxylic acids is 1. The molecular weight excluding hydrogens is 322 g/mol. The SMILES string of the molecule is Cc1nc(-c2ccc(OCc3cccc(C(=O)O)c3)cc2)c(C)s1. The molecule has 0 unspecified atom stereocenters. The molecule has 3 rings (SSSR count). The van der Waals surface area contributed by atoms with Gasteiger partial charge in [-0.1, -0.05) is 12.1 Å². The number of aryl methyl sites for hydroxylation is 2. The van der Waals surface area contributed by atoms with Gasteiger partial charge in [0.05, 0.1) is 16.3 Å². The summed E-state index contributed by atoms with van der Waals surface area (Å²) in [6, 6.07) is 14.6. The molecule has 4 nitrogen and oxygen atoms in total. The first-order valence-corrected chi connectivity index (χ1v) is 8.34. The molecule has 122 valence electrons. The van der Waals surface area contributed by atoms with E-state index < -0.39 is 5.97 Å². The van der Waals surface area contributed by atoms with Gasteiger partial charge in [0.1, 0.15) is 12.4 Å². The number of hydrogen-bond donors (Lipinski definition) is 1. The van der Waals surface area contributed by atoms with Crippen LogP contribution in [0, 0.1) is 13.8 Å². The van der Waals surface area contributed by atoms with Gasteiger partial charge in [-0.2, -0.15) is 0 Å². The number of aromatic nitrogens is 1. The zero-order valence-corrected chi connectivity index (χ0v) is 14.3. The number of thiazole rings is 1. The van der Waals surface area contributed by atoms with Crippen molar-refractivity contribution in [1.29, 1.82) is 0 Å². The number of nitrogens with zero attached hydrogens (tertiary/aromatic N) is 1. The third-order valence-electron chi connectivity index (χ3n) is 3.61. The zero-order valence-electron chi connectivity index (χ0n) is 13.4. The van der Waals surface area contributed by atoms with Crippen LogP contribution in [0.1, 0.15) is 25.8 Å². The molecule has 0 aliphatic rings. The predicted octanol–water partition coefficient (Wildman–Crippen LogP) is 4.70. The summed E-state index contributed by atoms with van der Waals surface area (Å²) in [5.41, 5.74) is 3.17. The molecule has 0 spiro atoms. The lowest BCUT2D eigenvalue weighted by molar-refractivity contribution is 0.0696. The zero-order chi connectivity index (χ0) is 17.1. The normalized spacial score (nSPS) is 10.6. The first-order chi connectivity index (χ1) is 11.5. The second-order valence-corrected chi connectivity index (χ2v) is 6.86. The average Bonchev–Trinajstić information content (AvgIpc) is 2.92. The van der Waals surface area contributed by atoms with Gasteiger partial charge in [-0.25, -0.2) is 9.78 Å². The van der Waals surface area contributed by atoms with Crippen molar-refractivity contribution in [3.63, 3.8) is 0 Å². The van der Waals surface area contributed by atoms with Crippen LogP contribution in [0.5, 0.6) is 5.75 Å². The van der Waals surface area contributed by atoms with E-state index in [1.54, 1.807) is 29.5 Å². The smallest absolute Gasteiger partial charge is 0.335 e. The number of rotatable bonds is 5. The summed E-state index contributed by atoms with van der Waals surface area (Å²) in [5, 5.41) is 10.1. The molecule has 0 fully saturated rings. The molecule has 3 aromatic rings. The maximum Gasteiger partial charge on any atom is 0.335 e. The van der Waals surface area contributed by atoms with Crippen molar-refractivity contribution in [3.8, 4) is 17.0 Å². The summed E-state index contributed by atoms with van der Waals surface area (Å²) >= 11 is 1.69. The van der Waals surface area contributed by atoms with E-state index in [9.17, 15) is 4.79 Å². The molecule has 0 saturated carbocycles. The highest BCUT2D eigenvalue weighted by molar-refractivity contribution is 7.11. The van der Waals surface area contributed by atoms with Gasteiger partial charge < -0.3 is 9.84 Å². The Morgan fingerprint density at radius 3 is 2.54 bits per heavy atom. The van der Waals surface area contributed by atoms with E-state index in [2.05, 4.69) is 11.9 Å². The Balaban J connectivity index is 1.69. The first-order valence-electron chi connectivity index (χ1n) is 7.52. The van der Waals surface area contributed by atoms with Crippen molar-refractivity contribution in [3.05, 3.63) is 69.5 Å². The average molecular weight is 339 g/mol. The van der Waals surface area contributed by atoms with E-state index in [0.29, 0.717) is 6.61 Å². The van der Waals surface area contributed by atoms with Crippen LogP contribution >= 0.6 is 11.3 Å². The van der Waals surface area contributed by atoms with Crippen molar-refractivity contribution in [2.45, 2.75) is 20.5 Å². The van der Waals surface area contributed by atoms with Gasteiger partial charge in [-0.15, -0.1) is 11.3 Å². The maximum absolute atomic E-state index is 11.0. The lowest BCUT2D eigenvalue weighted by Gasteiger charge is -2.08. The van der Waals surface area contributed by atoms with Crippen LogP contribution in [0.3, 0.4) is 0 Å². The largest absolute Gasteiger partial charge is 0.489 e. The van der Waals surface area contributed by atoms with Gasteiger partial charge in [-0.05, 0) is 55.8 Å². The van der Waals surface area contributed by atoms with Crippen molar-refractivity contribution < 1.29 is 14.6 Å². The molecular formula is C19H17NO3S. The number of carbonyl (C=O) groups is 1. The first kappa shape index (κ1) is 16.2. The maximum atomic E-state index is 11.0. The molecule has 0 aliphatic carbocycles. The Morgan fingerprint density at radius 1 is 1.17 bits per heavy atom. The quantitative estimate of drug-likeness (QED) is 0.732. The van der Waals surface area contributed by atoms with Crippen LogP contribution in [-0.2, 0) is 6.61 Å². The van der Waals surface area contributed by atoms with Crippen molar-refractivity contribution >= 4 is 17.3 Å². The van der Waals surface area contributed by atoms with Crippen molar-refractivity contribution in [2.24, 2.45) is 0 Å². The molecule has 0 amide bonds. The van der Waals surface area contributed by atoms with E-state index in [1.165, 1.54) is 4.88 Å². The third-order valence-corrected chi connectivity index (χ3v) is 4.50. The highest BCUT2D eigenvalue weighted by Gasteiger charge is 2.08. The lowest BCUT2D eigenvalue weighted by atomic mass is 10.1. The van der Waals surface area contributed by atoms with Gasteiger partial charge in [-0.3, -0.25) is 0 Å². The highest BCUT2D eigenvalue weighted by Crippen LogP contribution is 2.28. The van der Waals surface area contributed by atoms with Crippen LogP contribution in [-0.4, -0.2) is 16.1 Å². The van der Waals surface area contributed by atoms with Crippen LogP contribution < -0.4 is 4.74 Å². The molecule has 24 heavy (non-hydrogen) atoms. The molecule has 0 saturated heterocycles. The summed E-state index contributed by atoms with van der Waals surface area (Å²) in [4.78, 5) is 16.7. The monoisotopic (exact) mass is 339 g/mol. The summed E-state index contributed by atoms with van der Waals surface area (Å²) < 4.78 is 5.74. The number of carboxylic acid groups (broad SMARTS) is 1. The fraction of sp³-hybridized carbons (Fsp3) is 0.158. The topological polar surface area (TPSA) is 59.4 Å². The summed E-state index contributed by atoms with van der Waals surface area (Å²) in [7, 11) is 0. The highest BCUT2D eigenvalue weighted by atomic mass is 32.1. The van der Waals surface area contributed by atoms with Crippen LogP contribution in [0.25, 0.3) is 11.3 Å². The molecule has 1 aromatic heterocycles. The van der Waals surface area contributed by atoms with Gasteiger partial charge in [0.2, 0.25) is 0 Å². The molecule has 0 aliphatic heterocycles. The summed E-state index contributed by atoms with van der Waals surface area (Å²) in [6.07, 6.45) is 0. The van der Waals surface area contributed by atoms with Crippen LogP contribution in [0.2, 0.25) is 0 Å². The Hall–Kier alpha value is -2.66. The molecule has 0 bridgehead atoms. The fourth-order valence-electron chi connectivity index (χ4n) is 2.47. The molecule has 0 atom stereocenters. The van der Waals surface area contributed by atoms with Gasteiger partial charge in [0.15, 0.2) is 0 Å². The standard InChI is InChI=1S/C19H17NO3S/c1-12-18(20-13(2)24-12)15-6-8-17(9-7-15)23-11-14-4-3-5-16(10-14)19(21)22/h3-10H,11H2,1-2H3,(H,21,22). The molecule has 2 aromatic carbocycles. The van der Waals surface area contributed by atoms with E-state index in [1.807, 2.05) is 37.3 Å². The van der Waals surface area contributed by atoms with Gasteiger partial charge in [0, 0.05) is 10.4 Å². The molecule has 1 N–H and O–H groups in total. The van der Waals surface area contributed by atoms with Crippen LogP contribution in [0.4, 0.5) is 0 Å². The Bertz CT molecular complexity index is 869. The number of hydrogen-bond acceptors (Lipinski definition) is 4. The number of benzene rings is 2. The molecule has 1 heterocycles. The minimum Gasteiger partial charge on any atom is -0.489 e. The van der Waals surface area contributed by atoms with E-state index in [4.69, 9.17) is 9.84 Å². The molecule has 5 heteroatoms. The van der Waals surface area contributed by atoms with Crippen LogP contribution in [0.15, 0.2) is 48.5 Å². The summed E-state index contributed by atoms with van der Waals surface area (Å²) in [5.74, 6) is -0.195. The third kappa shape index (κ3) is 3.63. The van der Waals surface area contributed by atoms with E-state index in [0.717, 1.165) is 27.6 Å². The Kier molecular flexibility index (Phi) is 4.62. The second-order valence-electron chi connectivity index (χ2n) is 5.46. The van der Waals surface area contributed by atoms with E-state index in [-0.39, 0.29) is 5.56 Å². The van der Waals surface area contributed by atoms with Crippen molar-refractivity contribution in [2.75, 3.05) is 0 Å².